The van der Waals surface area contributed by atoms with Crippen LogP contribution in [0.3, 0.4) is 0 Å². The fourth-order valence-corrected chi connectivity index (χ4v) is 1.82. The second kappa shape index (κ2) is 6.16. The van der Waals surface area contributed by atoms with Crippen molar-refractivity contribution >= 4 is 5.84 Å². The minimum absolute atomic E-state index is 0.128. The van der Waals surface area contributed by atoms with Gasteiger partial charge in [0.2, 0.25) is 0 Å². The van der Waals surface area contributed by atoms with Crippen molar-refractivity contribution in [2.24, 2.45) is 10.9 Å². The summed E-state index contributed by atoms with van der Waals surface area (Å²) in [4.78, 5) is 0. The molecule has 0 saturated carbocycles. The van der Waals surface area contributed by atoms with Crippen LogP contribution in [-0.4, -0.2) is 16.2 Å². The predicted molar refractivity (Wildman–Crippen MR) is 70.7 cm³/mol. The number of nitrogens with two attached hydrogens (primary N) is 1. The van der Waals surface area contributed by atoms with Crippen molar-refractivity contribution in [3.05, 3.63) is 52.7 Å². The van der Waals surface area contributed by atoms with E-state index in [0.717, 1.165) is 11.3 Å². The molecule has 0 aliphatic carbocycles. The Kier molecular flexibility index (Phi) is 4.31. The Morgan fingerprint density at radius 1 is 1.45 bits per heavy atom. The van der Waals surface area contributed by atoms with E-state index in [1.54, 1.807) is 6.07 Å². The second-order valence-electron chi connectivity index (χ2n) is 4.32. The number of hydrogen-bond acceptors (Lipinski definition) is 5. The molecule has 6 nitrogen and oxygen atoms in total. The van der Waals surface area contributed by atoms with Crippen LogP contribution in [0, 0.1) is 12.7 Å². The van der Waals surface area contributed by atoms with Crippen LogP contribution >= 0.6 is 0 Å². The van der Waals surface area contributed by atoms with Crippen molar-refractivity contribution in [1.82, 2.24) is 10.5 Å². The maximum Gasteiger partial charge on any atom is 0.170 e. The molecule has 0 aliphatic rings. The van der Waals surface area contributed by atoms with Gasteiger partial charge in [-0.05, 0) is 24.6 Å². The molecule has 0 aliphatic heterocycles. The molecule has 4 N–H and O–H groups in total. The van der Waals surface area contributed by atoms with Crippen molar-refractivity contribution in [2.75, 3.05) is 0 Å². The Morgan fingerprint density at radius 3 is 2.90 bits per heavy atom. The molecule has 0 spiro atoms. The van der Waals surface area contributed by atoms with Gasteiger partial charge >= 0.3 is 0 Å². The van der Waals surface area contributed by atoms with Gasteiger partial charge in [-0.2, -0.15) is 0 Å². The van der Waals surface area contributed by atoms with Crippen molar-refractivity contribution < 1.29 is 14.1 Å². The van der Waals surface area contributed by atoms with E-state index >= 15 is 0 Å². The molecular weight excluding hydrogens is 263 g/mol. The van der Waals surface area contributed by atoms with Gasteiger partial charge in [0.15, 0.2) is 11.6 Å². The van der Waals surface area contributed by atoms with Crippen LogP contribution in [0.5, 0.6) is 0 Å². The van der Waals surface area contributed by atoms with Crippen LogP contribution in [0.25, 0.3) is 0 Å². The lowest BCUT2D eigenvalue weighted by Gasteiger charge is -2.09. The highest BCUT2D eigenvalue weighted by molar-refractivity contribution is 5.98. The van der Waals surface area contributed by atoms with Crippen molar-refractivity contribution in [2.45, 2.75) is 20.0 Å². The smallest absolute Gasteiger partial charge is 0.170 e. The van der Waals surface area contributed by atoms with E-state index in [0.29, 0.717) is 24.4 Å². The highest BCUT2D eigenvalue weighted by Gasteiger charge is 2.09. The summed E-state index contributed by atoms with van der Waals surface area (Å²) in [6.07, 6.45) is 0. The number of nitrogens with one attached hydrogen (secondary N) is 1. The molecule has 2 aromatic rings. The molecule has 1 aromatic carbocycles. The second-order valence-corrected chi connectivity index (χ2v) is 4.32. The Balaban J connectivity index is 2.05. The van der Waals surface area contributed by atoms with Crippen molar-refractivity contribution in [3.8, 4) is 0 Å². The average Bonchev–Trinajstić information content (AvgIpc) is 2.85. The summed E-state index contributed by atoms with van der Waals surface area (Å²) in [6, 6.07) is 5.96. The number of rotatable bonds is 5. The van der Waals surface area contributed by atoms with Gasteiger partial charge in [0.25, 0.3) is 0 Å². The predicted octanol–water partition coefficient (Wildman–Crippen LogP) is 1.51. The van der Waals surface area contributed by atoms with E-state index in [1.165, 1.54) is 12.1 Å². The summed E-state index contributed by atoms with van der Waals surface area (Å²) in [5.74, 6) is 0.132. The fourth-order valence-electron chi connectivity index (χ4n) is 1.82. The monoisotopic (exact) mass is 278 g/mol. The first-order valence-electron chi connectivity index (χ1n) is 5.99. The molecule has 0 unspecified atom stereocenters. The normalized spacial score (nSPS) is 11.8. The first-order chi connectivity index (χ1) is 9.60. The minimum atomic E-state index is -0.443. The zero-order valence-electron chi connectivity index (χ0n) is 10.9. The van der Waals surface area contributed by atoms with Gasteiger partial charge in [0, 0.05) is 18.2 Å². The third-order valence-corrected chi connectivity index (χ3v) is 2.75. The number of halogens is 1. The Labute approximate surface area is 115 Å². The van der Waals surface area contributed by atoms with Gasteiger partial charge < -0.3 is 20.8 Å². The molecule has 0 bridgehead atoms. The number of amidine groups is 1. The van der Waals surface area contributed by atoms with E-state index < -0.39 is 5.82 Å². The number of oxime groups is 1. The lowest BCUT2D eigenvalue weighted by molar-refractivity contribution is 0.318. The Bertz CT molecular complexity index is 625. The molecule has 0 saturated heterocycles. The molecule has 0 amide bonds. The van der Waals surface area contributed by atoms with Crippen LogP contribution in [0.4, 0.5) is 4.39 Å². The highest BCUT2D eigenvalue weighted by Crippen LogP contribution is 2.12. The lowest BCUT2D eigenvalue weighted by Crippen LogP contribution is -2.20. The summed E-state index contributed by atoms with van der Waals surface area (Å²) in [5, 5.41) is 18.5. The molecule has 7 heteroatoms. The van der Waals surface area contributed by atoms with E-state index in [-0.39, 0.29) is 5.84 Å². The van der Waals surface area contributed by atoms with Crippen LogP contribution in [0.1, 0.15) is 22.6 Å². The number of benzene rings is 1. The fraction of sp³-hybridized carbons (Fsp3) is 0.231. The molecule has 0 fully saturated rings. The van der Waals surface area contributed by atoms with Crippen LogP contribution < -0.4 is 11.1 Å². The average molecular weight is 278 g/mol. The molecule has 1 aromatic heterocycles. The molecular formula is C13H15FN4O2. The van der Waals surface area contributed by atoms with E-state index in [2.05, 4.69) is 15.6 Å². The molecule has 0 atom stereocenters. The van der Waals surface area contributed by atoms with Gasteiger partial charge in [-0.3, -0.25) is 0 Å². The maximum absolute atomic E-state index is 13.2. The molecule has 2 rings (SSSR count). The summed E-state index contributed by atoms with van der Waals surface area (Å²) in [5.41, 5.74) is 7.41. The molecule has 20 heavy (non-hydrogen) atoms. The molecule has 0 radical (unpaired) electrons. The van der Waals surface area contributed by atoms with Crippen molar-refractivity contribution in [3.63, 3.8) is 0 Å². The highest BCUT2D eigenvalue weighted by atomic mass is 19.1. The number of aromatic nitrogens is 1. The molecule has 106 valence electrons. The third-order valence-electron chi connectivity index (χ3n) is 2.75. The number of hydrogen-bond donors (Lipinski definition) is 3. The zero-order chi connectivity index (χ0) is 14.5. The minimum Gasteiger partial charge on any atom is -0.409 e. The maximum atomic E-state index is 13.2. The van der Waals surface area contributed by atoms with Crippen LogP contribution in [0.2, 0.25) is 0 Å². The van der Waals surface area contributed by atoms with E-state index in [9.17, 15) is 4.39 Å². The van der Waals surface area contributed by atoms with E-state index in [1.807, 2.05) is 13.0 Å². The summed E-state index contributed by atoms with van der Waals surface area (Å²) < 4.78 is 18.3. The zero-order valence-corrected chi connectivity index (χ0v) is 10.9. The largest absolute Gasteiger partial charge is 0.409 e. The Hall–Kier alpha value is -2.41. The van der Waals surface area contributed by atoms with Crippen molar-refractivity contribution in [1.29, 1.82) is 0 Å². The lowest BCUT2D eigenvalue weighted by atomic mass is 10.1. The quantitative estimate of drug-likeness (QED) is 0.333. The first kappa shape index (κ1) is 14.0. The third kappa shape index (κ3) is 3.33. The first-order valence-corrected chi connectivity index (χ1v) is 5.99. The van der Waals surface area contributed by atoms with Gasteiger partial charge in [0.1, 0.15) is 5.82 Å². The topological polar surface area (TPSA) is 96.7 Å². The summed E-state index contributed by atoms with van der Waals surface area (Å²) in [6.45, 7) is 2.74. The van der Waals surface area contributed by atoms with Gasteiger partial charge in [-0.1, -0.05) is 16.4 Å². The van der Waals surface area contributed by atoms with Gasteiger partial charge in [-0.15, -0.1) is 0 Å². The van der Waals surface area contributed by atoms with Gasteiger partial charge in [0.05, 0.1) is 12.2 Å². The van der Waals surface area contributed by atoms with Crippen LogP contribution in [0.15, 0.2) is 33.9 Å². The number of aryl methyl sites for hydroxylation is 1. The van der Waals surface area contributed by atoms with Gasteiger partial charge in [-0.25, -0.2) is 4.39 Å². The standard InChI is InChI=1S/C13H15FN4O2/c1-8-4-11(20-18-8)7-16-6-9-2-3-10(14)5-12(9)13(15)17-19/h2-5,16,19H,6-7H2,1H3,(H2,15,17). The van der Waals surface area contributed by atoms with Crippen LogP contribution in [-0.2, 0) is 13.1 Å². The SMILES string of the molecule is Cc1cc(CNCc2ccc(F)cc2C(N)=NO)on1. The summed E-state index contributed by atoms with van der Waals surface area (Å²) in [7, 11) is 0. The van der Waals surface area contributed by atoms with E-state index in [4.69, 9.17) is 15.5 Å². The summed E-state index contributed by atoms with van der Waals surface area (Å²) >= 11 is 0. The Morgan fingerprint density at radius 2 is 2.25 bits per heavy atom. The molecule has 1 heterocycles. The number of nitrogens with zero attached hydrogens (tertiary/aromatic N) is 2.